The van der Waals surface area contributed by atoms with Crippen molar-refractivity contribution in [1.29, 1.82) is 0 Å². The van der Waals surface area contributed by atoms with Gasteiger partial charge in [-0.15, -0.1) is 12.4 Å². The van der Waals surface area contributed by atoms with E-state index in [4.69, 9.17) is 10.9 Å². The Morgan fingerprint density at radius 1 is 1.80 bits per heavy atom. The highest BCUT2D eigenvalue weighted by Crippen LogP contribution is 1.93. The third-order valence-electron chi connectivity index (χ3n) is 1.08. The summed E-state index contributed by atoms with van der Waals surface area (Å²) in [6, 6.07) is -0.588. The number of hydrogen-bond donors (Lipinski definition) is 3. The summed E-state index contributed by atoms with van der Waals surface area (Å²) in [6.45, 7) is 1.91. The third kappa shape index (κ3) is 4.55. The molecule has 1 atom stereocenters. The Balaban J connectivity index is 0. The fourth-order valence-electron chi connectivity index (χ4n) is 0.567. The first-order valence-corrected chi connectivity index (χ1v) is 2.91. The van der Waals surface area contributed by atoms with Gasteiger partial charge in [0.1, 0.15) is 6.04 Å². The van der Waals surface area contributed by atoms with E-state index in [1.165, 1.54) is 0 Å². The molecule has 10 heavy (non-hydrogen) atoms. The van der Waals surface area contributed by atoms with Crippen molar-refractivity contribution in [3.63, 3.8) is 0 Å². The number of carboxylic acids is 1. The van der Waals surface area contributed by atoms with Gasteiger partial charge in [0.15, 0.2) is 0 Å². The SMILES string of the molecule is CCC[C@H](NN)C(=O)O.Cl. The van der Waals surface area contributed by atoms with E-state index in [9.17, 15) is 4.79 Å². The number of nitrogens with one attached hydrogen (secondary N) is 1. The van der Waals surface area contributed by atoms with Crippen LogP contribution in [-0.2, 0) is 4.79 Å². The third-order valence-corrected chi connectivity index (χ3v) is 1.08. The van der Waals surface area contributed by atoms with Crippen LogP contribution in [0.2, 0.25) is 0 Å². The van der Waals surface area contributed by atoms with E-state index < -0.39 is 12.0 Å². The number of hydrogen-bond acceptors (Lipinski definition) is 3. The fraction of sp³-hybridized carbons (Fsp3) is 0.800. The molecule has 62 valence electrons. The van der Waals surface area contributed by atoms with Crippen LogP contribution < -0.4 is 11.3 Å². The predicted molar refractivity (Wildman–Crippen MR) is 40.9 cm³/mol. The van der Waals surface area contributed by atoms with Crippen LogP contribution in [0.15, 0.2) is 0 Å². The van der Waals surface area contributed by atoms with Crippen LogP contribution in [0.5, 0.6) is 0 Å². The minimum Gasteiger partial charge on any atom is -0.480 e. The molecule has 0 spiro atoms. The van der Waals surface area contributed by atoms with Gasteiger partial charge >= 0.3 is 5.97 Å². The molecule has 0 unspecified atom stereocenters. The van der Waals surface area contributed by atoms with E-state index >= 15 is 0 Å². The van der Waals surface area contributed by atoms with Crippen molar-refractivity contribution in [2.45, 2.75) is 25.8 Å². The fourth-order valence-corrected chi connectivity index (χ4v) is 0.567. The predicted octanol–water partition coefficient (Wildman–Crippen LogP) is 0.125. The molecule has 0 aromatic heterocycles. The highest BCUT2D eigenvalue weighted by molar-refractivity contribution is 5.85. The second kappa shape index (κ2) is 6.80. The van der Waals surface area contributed by atoms with Crippen LogP contribution in [0.1, 0.15) is 19.8 Å². The van der Waals surface area contributed by atoms with Crippen molar-refractivity contribution in [1.82, 2.24) is 5.43 Å². The monoisotopic (exact) mass is 168 g/mol. The summed E-state index contributed by atoms with van der Waals surface area (Å²) in [6.07, 6.45) is 1.40. The number of aliphatic carboxylic acids is 1. The van der Waals surface area contributed by atoms with E-state index in [-0.39, 0.29) is 12.4 Å². The number of halogens is 1. The first-order valence-electron chi connectivity index (χ1n) is 2.91. The molecule has 0 aliphatic rings. The minimum absolute atomic E-state index is 0. The first-order chi connectivity index (χ1) is 4.22. The number of hydrazine groups is 1. The smallest absolute Gasteiger partial charge is 0.322 e. The van der Waals surface area contributed by atoms with Gasteiger partial charge in [-0.05, 0) is 6.42 Å². The summed E-state index contributed by atoms with van der Waals surface area (Å²) < 4.78 is 0. The molecule has 0 fully saturated rings. The van der Waals surface area contributed by atoms with E-state index in [0.717, 1.165) is 6.42 Å². The number of rotatable bonds is 4. The molecule has 0 heterocycles. The van der Waals surface area contributed by atoms with Crippen LogP contribution in [0.3, 0.4) is 0 Å². The largest absolute Gasteiger partial charge is 0.480 e. The van der Waals surface area contributed by atoms with E-state index in [1.54, 1.807) is 0 Å². The van der Waals surface area contributed by atoms with Crippen molar-refractivity contribution in [2.75, 3.05) is 0 Å². The standard InChI is InChI=1S/C5H12N2O2.ClH/c1-2-3-4(7-6)5(8)9;/h4,7H,2-3,6H2,1H3,(H,8,9);1H/t4-;/m0./s1. The lowest BCUT2D eigenvalue weighted by molar-refractivity contribution is -0.139. The molecule has 0 saturated carbocycles. The zero-order valence-electron chi connectivity index (χ0n) is 5.83. The highest BCUT2D eigenvalue weighted by Gasteiger charge is 2.12. The van der Waals surface area contributed by atoms with Crippen molar-refractivity contribution in [3.8, 4) is 0 Å². The van der Waals surface area contributed by atoms with Crippen LogP contribution >= 0.6 is 12.4 Å². The summed E-state index contributed by atoms with van der Waals surface area (Å²) in [7, 11) is 0. The molecule has 0 aromatic carbocycles. The van der Waals surface area contributed by atoms with Crippen LogP contribution in [-0.4, -0.2) is 17.1 Å². The molecule has 0 saturated heterocycles. The van der Waals surface area contributed by atoms with E-state index in [1.807, 2.05) is 6.92 Å². The molecule has 5 heteroatoms. The summed E-state index contributed by atoms with van der Waals surface area (Å²) in [5.74, 6) is 4.04. The lowest BCUT2D eigenvalue weighted by Crippen LogP contribution is -2.41. The van der Waals surface area contributed by atoms with Gasteiger partial charge in [0.25, 0.3) is 0 Å². The molecule has 0 aliphatic heterocycles. The summed E-state index contributed by atoms with van der Waals surface area (Å²) in [5, 5.41) is 8.36. The maximum Gasteiger partial charge on any atom is 0.322 e. The second-order valence-corrected chi connectivity index (χ2v) is 1.85. The van der Waals surface area contributed by atoms with Crippen molar-refractivity contribution >= 4 is 18.4 Å². The van der Waals surface area contributed by atoms with Gasteiger partial charge in [0.05, 0.1) is 0 Å². The highest BCUT2D eigenvalue weighted by atomic mass is 35.5. The Kier molecular flexibility index (Phi) is 8.40. The Bertz CT molecular complexity index is 99.6. The number of carboxylic acid groups (broad SMARTS) is 1. The quantitative estimate of drug-likeness (QED) is 0.412. The Hall–Kier alpha value is -0.320. The topological polar surface area (TPSA) is 75.3 Å². The zero-order chi connectivity index (χ0) is 7.28. The lowest BCUT2D eigenvalue weighted by Gasteiger charge is -2.07. The molecule has 0 radical (unpaired) electrons. The van der Waals surface area contributed by atoms with Gasteiger partial charge in [0.2, 0.25) is 0 Å². The molecule has 0 aliphatic carbocycles. The van der Waals surface area contributed by atoms with Gasteiger partial charge in [-0.3, -0.25) is 10.6 Å². The van der Waals surface area contributed by atoms with Crippen molar-refractivity contribution < 1.29 is 9.90 Å². The molecule has 0 bridgehead atoms. The van der Waals surface area contributed by atoms with Crippen LogP contribution in [0.25, 0.3) is 0 Å². The molecule has 0 rings (SSSR count). The average Bonchev–Trinajstić information content (AvgIpc) is 1.82. The molecule has 0 aromatic rings. The summed E-state index contributed by atoms with van der Waals surface area (Å²) >= 11 is 0. The van der Waals surface area contributed by atoms with Gasteiger partial charge < -0.3 is 5.11 Å². The molecule has 4 N–H and O–H groups in total. The Morgan fingerprint density at radius 3 is 2.40 bits per heavy atom. The van der Waals surface area contributed by atoms with Gasteiger partial charge in [-0.1, -0.05) is 13.3 Å². The average molecular weight is 169 g/mol. The Labute approximate surface area is 66.2 Å². The normalized spacial score (nSPS) is 11.8. The van der Waals surface area contributed by atoms with Crippen molar-refractivity contribution in [2.24, 2.45) is 5.84 Å². The maximum absolute atomic E-state index is 10.2. The van der Waals surface area contributed by atoms with Gasteiger partial charge in [-0.2, -0.15) is 0 Å². The molecule has 0 amide bonds. The zero-order valence-corrected chi connectivity index (χ0v) is 6.65. The summed E-state index contributed by atoms with van der Waals surface area (Å²) in [5.41, 5.74) is 2.20. The first kappa shape index (κ1) is 12.4. The number of carbonyl (C=O) groups is 1. The van der Waals surface area contributed by atoms with E-state index in [0.29, 0.717) is 6.42 Å². The van der Waals surface area contributed by atoms with Crippen LogP contribution in [0.4, 0.5) is 0 Å². The molecular weight excluding hydrogens is 156 g/mol. The Morgan fingerprint density at radius 2 is 2.30 bits per heavy atom. The van der Waals surface area contributed by atoms with Crippen LogP contribution in [0, 0.1) is 0 Å². The molecular formula is C5H13ClN2O2. The van der Waals surface area contributed by atoms with E-state index in [2.05, 4.69) is 5.43 Å². The van der Waals surface area contributed by atoms with Gasteiger partial charge in [0, 0.05) is 0 Å². The van der Waals surface area contributed by atoms with Crippen molar-refractivity contribution in [3.05, 3.63) is 0 Å². The lowest BCUT2D eigenvalue weighted by atomic mass is 10.2. The second-order valence-electron chi connectivity index (χ2n) is 1.85. The number of nitrogens with two attached hydrogens (primary N) is 1. The van der Waals surface area contributed by atoms with Gasteiger partial charge in [-0.25, -0.2) is 5.43 Å². The molecule has 4 nitrogen and oxygen atoms in total. The minimum atomic E-state index is -0.889. The summed E-state index contributed by atoms with van der Waals surface area (Å²) in [4.78, 5) is 10.2. The maximum atomic E-state index is 10.2.